The minimum Gasteiger partial charge on any atom is -0.454 e. The molecule has 0 unspecified atom stereocenters. The molecule has 0 aromatic heterocycles. The minimum atomic E-state index is -3.71. The van der Waals surface area contributed by atoms with E-state index in [-0.39, 0.29) is 22.3 Å². The Balaban J connectivity index is 2.12. The molecule has 7 heteroatoms. The van der Waals surface area contributed by atoms with E-state index in [2.05, 4.69) is 0 Å². The zero-order valence-electron chi connectivity index (χ0n) is 14.9. The van der Waals surface area contributed by atoms with Crippen LogP contribution in [0.2, 0.25) is 0 Å². The molecule has 0 atom stereocenters. The molecule has 0 saturated carbocycles. The highest BCUT2D eigenvalue weighted by molar-refractivity contribution is 7.89. The third-order valence-corrected chi connectivity index (χ3v) is 5.93. The van der Waals surface area contributed by atoms with E-state index in [1.165, 1.54) is 35.6 Å². The predicted molar refractivity (Wildman–Crippen MR) is 97.6 cm³/mol. The molecule has 26 heavy (non-hydrogen) atoms. The summed E-state index contributed by atoms with van der Waals surface area (Å²) in [7, 11) is -2.23. The molecule has 0 spiro atoms. The van der Waals surface area contributed by atoms with Gasteiger partial charge in [0.15, 0.2) is 12.4 Å². The van der Waals surface area contributed by atoms with E-state index in [1.54, 1.807) is 44.2 Å². The number of carbonyl (C=O) groups is 2. The lowest BCUT2D eigenvalue weighted by atomic mass is 10.1. The van der Waals surface area contributed by atoms with E-state index in [9.17, 15) is 18.0 Å². The number of hydrogen-bond donors (Lipinski definition) is 0. The van der Waals surface area contributed by atoms with Crippen LogP contribution in [0.1, 0.15) is 34.6 Å². The monoisotopic (exact) mass is 375 g/mol. The minimum absolute atomic E-state index is 0.00228. The first-order chi connectivity index (χ1) is 12.2. The summed E-state index contributed by atoms with van der Waals surface area (Å²) < 4.78 is 31.3. The number of rotatable bonds is 7. The number of esters is 1. The first-order valence-electron chi connectivity index (χ1n) is 8.07. The number of hydrogen-bond acceptors (Lipinski definition) is 5. The summed E-state index contributed by atoms with van der Waals surface area (Å²) in [6.45, 7) is 3.10. The lowest BCUT2D eigenvalue weighted by Gasteiger charge is -2.21. The Morgan fingerprint density at radius 2 is 1.62 bits per heavy atom. The summed E-state index contributed by atoms with van der Waals surface area (Å²) in [5.41, 5.74) is 0.513. The van der Waals surface area contributed by atoms with Gasteiger partial charge in [-0.15, -0.1) is 0 Å². The molecule has 138 valence electrons. The number of nitrogens with zero attached hydrogens (tertiary/aromatic N) is 1. The molecule has 0 radical (unpaired) electrons. The van der Waals surface area contributed by atoms with Crippen molar-refractivity contribution in [2.75, 3.05) is 13.7 Å². The molecule has 0 aliphatic rings. The van der Waals surface area contributed by atoms with Crippen molar-refractivity contribution in [2.45, 2.75) is 24.8 Å². The summed E-state index contributed by atoms with van der Waals surface area (Å²) in [6.07, 6.45) is 0. The van der Waals surface area contributed by atoms with Gasteiger partial charge in [0, 0.05) is 18.7 Å². The SMILES string of the molecule is CC(C)N(C)S(=O)(=O)c1cccc(C(=O)OCC(=O)c2ccccc2)c1. The van der Waals surface area contributed by atoms with Crippen molar-refractivity contribution < 1.29 is 22.7 Å². The lowest BCUT2D eigenvalue weighted by Crippen LogP contribution is -2.33. The number of Topliss-reactive ketones (excluding diaryl/α,β-unsaturated/α-hetero) is 1. The lowest BCUT2D eigenvalue weighted by molar-refractivity contribution is 0.0474. The van der Waals surface area contributed by atoms with Crippen LogP contribution in [-0.4, -0.2) is 44.2 Å². The van der Waals surface area contributed by atoms with Crippen LogP contribution in [0.4, 0.5) is 0 Å². The van der Waals surface area contributed by atoms with E-state index in [1.807, 2.05) is 0 Å². The van der Waals surface area contributed by atoms with Gasteiger partial charge in [0.05, 0.1) is 10.5 Å². The van der Waals surface area contributed by atoms with Crippen molar-refractivity contribution in [3.63, 3.8) is 0 Å². The summed E-state index contributed by atoms with van der Waals surface area (Å²) >= 11 is 0. The fourth-order valence-corrected chi connectivity index (χ4v) is 3.56. The van der Waals surface area contributed by atoms with Gasteiger partial charge in [-0.3, -0.25) is 4.79 Å². The number of carbonyl (C=O) groups excluding carboxylic acids is 2. The van der Waals surface area contributed by atoms with Gasteiger partial charge in [0.2, 0.25) is 10.0 Å². The maximum absolute atomic E-state index is 12.5. The number of ether oxygens (including phenoxy) is 1. The Morgan fingerprint density at radius 1 is 1.00 bits per heavy atom. The third kappa shape index (κ3) is 4.56. The quantitative estimate of drug-likeness (QED) is 0.549. The van der Waals surface area contributed by atoms with E-state index in [4.69, 9.17) is 4.74 Å². The number of benzene rings is 2. The predicted octanol–water partition coefficient (Wildman–Crippen LogP) is 2.76. The van der Waals surface area contributed by atoms with Crippen molar-refractivity contribution >= 4 is 21.8 Å². The maximum Gasteiger partial charge on any atom is 0.338 e. The Bertz CT molecular complexity index is 891. The standard InChI is InChI=1S/C19H21NO5S/c1-14(2)20(3)26(23,24)17-11-7-10-16(12-17)19(22)25-13-18(21)15-8-5-4-6-9-15/h4-12,14H,13H2,1-3H3. The van der Waals surface area contributed by atoms with E-state index in [0.717, 1.165) is 0 Å². The van der Waals surface area contributed by atoms with Gasteiger partial charge in [-0.25, -0.2) is 13.2 Å². The maximum atomic E-state index is 12.5. The number of sulfonamides is 1. The van der Waals surface area contributed by atoms with Gasteiger partial charge in [-0.2, -0.15) is 4.31 Å². The van der Waals surface area contributed by atoms with Gasteiger partial charge in [-0.05, 0) is 32.0 Å². The molecule has 0 amide bonds. The Morgan fingerprint density at radius 3 is 2.23 bits per heavy atom. The second-order valence-electron chi connectivity index (χ2n) is 6.01. The molecule has 2 rings (SSSR count). The van der Waals surface area contributed by atoms with E-state index < -0.39 is 22.6 Å². The zero-order valence-corrected chi connectivity index (χ0v) is 15.7. The molecule has 0 fully saturated rings. The molecular weight excluding hydrogens is 354 g/mol. The molecule has 6 nitrogen and oxygen atoms in total. The fraction of sp³-hybridized carbons (Fsp3) is 0.263. The van der Waals surface area contributed by atoms with Crippen LogP contribution >= 0.6 is 0 Å². The first-order valence-corrected chi connectivity index (χ1v) is 9.51. The molecular formula is C19H21NO5S. The van der Waals surface area contributed by atoms with E-state index >= 15 is 0 Å². The highest BCUT2D eigenvalue weighted by Gasteiger charge is 2.24. The molecule has 0 aliphatic carbocycles. The molecule has 0 bridgehead atoms. The summed E-state index contributed by atoms with van der Waals surface area (Å²) in [5.74, 6) is -1.08. The van der Waals surface area contributed by atoms with Gasteiger partial charge in [-0.1, -0.05) is 36.4 Å². The van der Waals surface area contributed by atoms with Crippen molar-refractivity contribution in [1.82, 2.24) is 4.31 Å². The highest BCUT2D eigenvalue weighted by atomic mass is 32.2. The molecule has 2 aromatic carbocycles. The van der Waals surface area contributed by atoms with Crippen LogP contribution < -0.4 is 0 Å². The smallest absolute Gasteiger partial charge is 0.338 e. The van der Waals surface area contributed by atoms with Crippen molar-refractivity contribution in [3.05, 3.63) is 65.7 Å². The summed E-state index contributed by atoms with van der Waals surface area (Å²) in [5, 5.41) is 0. The van der Waals surface area contributed by atoms with Crippen LogP contribution in [0.15, 0.2) is 59.5 Å². The number of ketones is 1. The average Bonchev–Trinajstić information content (AvgIpc) is 2.65. The topological polar surface area (TPSA) is 80.8 Å². The average molecular weight is 375 g/mol. The molecule has 0 aliphatic heterocycles. The van der Waals surface area contributed by atoms with Gasteiger partial charge in [0.25, 0.3) is 0 Å². The van der Waals surface area contributed by atoms with Crippen LogP contribution in [0.5, 0.6) is 0 Å². The van der Waals surface area contributed by atoms with Crippen LogP contribution in [0.3, 0.4) is 0 Å². The first kappa shape index (κ1) is 19.8. The summed E-state index contributed by atoms with van der Waals surface area (Å²) in [6, 6.07) is 13.8. The Hall–Kier alpha value is -2.51. The third-order valence-electron chi connectivity index (χ3n) is 3.90. The van der Waals surface area contributed by atoms with Crippen molar-refractivity contribution in [1.29, 1.82) is 0 Å². The largest absolute Gasteiger partial charge is 0.454 e. The Kier molecular flexibility index (Phi) is 6.28. The normalized spacial score (nSPS) is 11.6. The van der Waals surface area contributed by atoms with Crippen LogP contribution in [0.25, 0.3) is 0 Å². The second kappa shape index (κ2) is 8.25. The van der Waals surface area contributed by atoms with Crippen molar-refractivity contribution in [3.8, 4) is 0 Å². The molecule has 2 aromatic rings. The zero-order chi connectivity index (χ0) is 19.3. The van der Waals surface area contributed by atoms with Gasteiger partial charge >= 0.3 is 5.97 Å². The fourth-order valence-electron chi connectivity index (χ4n) is 2.15. The van der Waals surface area contributed by atoms with Gasteiger partial charge in [0.1, 0.15) is 0 Å². The second-order valence-corrected chi connectivity index (χ2v) is 8.01. The molecule has 0 heterocycles. The Labute approximate surface area is 153 Å². The van der Waals surface area contributed by atoms with E-state index in [0.29, 0.717) is 5.56 Å². The molecule has 0 N–H and O–H groups in total. The molecule has 0 saturated heterocycles. The summed E-state index contributed by atoms with van der Waals surface area (Å²) in [4.78, 5) is 24.2. The highest BCUT2D eigenvalue weighted by Crippen LogP contribution is 2.18. The van der Waals surface area contributed by atoms with Gasteiger partial charge < -0.3 is 4.74 Å². The van der Waals surface area contributed by atoms with Crippen LogP contribution in [0, 0.1) is 0 Å². The van der Waals surface area contributed by atoms with Crippen LogP contribution in [-0.2, 0) is 14.8 Å². The van der Waals surface area contributed by atoms with Crippen molar-refractivity contribution in [2.24, 2.45) is 0 Å².